The molecule has 0 spiro atoms. The number of carboxylic acids is 1. The molecule has 0 aliphatic carbocycles. The molecule has 7 nitrogen and oxygen atoms in total. The lowest BCUT2D eigenvalue weighted by Crippen LogP contribution is -2.35. The SMILES string of the molecule is CCN(CC(=O)O)C(=O)c1ccc(-c2nnc(C)o2)cc1. The first-order chi connectivity index (χ1) is 10.0. The van der Waals surface area contributed by atoms with E-state index in [1.165, 1.54) is 4.90 Å². The largest absolute Gasteiger partial charge is 0.480 e. The Hall–Kier alpha value is -2.70. The zero-order chi connectivity index (χ0) is 15.4. The highest BCUT2D eigenvalue weighted by atomic mass is 16.4. The number of likely N-dealkylation sites (N-methyl/N-ethyl adjacent to an activating group) is 1. The molecule has 0 radical (unpaired) electrons. The molecule has 1 N–H and O–H groups in total. The highest BCUT2D eigenvalue weighted by molar-refractivity contribution is 5.96. The summed E-state index contributed by atoms with van der Waals surface area (Å²) < 4.78 is 5.30. The first-order valence-corrected chi connectivity index (χ1v) is 6.43. The molecule has 21 heavy (non-hydrogen) atoms. The number of aliphatic carboxylic acids is 1. The summed E-state index contributed by atoms with van der Waals surface area (Å²) in [4.78, 5) is 24.2. The van der Waals surface area contributed by atoms with Crippen molar-refractivity contribution < 1.29 is 19.1 Å². The summed E-state index contributed by atoms with van der Waals surface area (Å²) in [5.74, 6) is -0.524. The van der Waals surface area contributed by atoms with Crippen LogP contribution in [0.4, 0.5) is 0 Å². The van der Waals surface area contributed by atoms with Crippen molar-refractivity contribution in [3.63, 3.8) is 0 Å². The van der Waals surface area contributed by atoms with Gasteiger partial charge in [0.2, 0.25) is 11.8 Å². The number of hydrogen-bond donors (Lipinski definition) is 1. The Labute approximate surface area is 121 Å². The normalized spacial score (nSPS) is 10.4. The van der Waals surface area contributed by atoms with Crippen molar-refractivity contribution in [2.24, 2.45) is 0 Å². The van der Waals surface area contributed by atoms with Gasteiger partial charge in [0.25, 0.3) is 5.91 Å². The fraction of sp³-hybridized carbons (Fsp3) is 0.286. The minimum Gasteiger partial charge on any atom is -0.480 e. The van der Waals surface area contributed by atoms with Crippen LogP contribution < -0.4 is 0 Å². The summed E-state index contributed by atoms with van der Waals surface area (Å²) in [6.45, 7) is 3.44. The van der Waals surface area contributed by atoms with E-state index in [-0.39, 0.29) is 12.5 Å². The number of hydrogen-bond acceptors (Lipinski definition) is 5. The quantitative estimate of drug-likeness (QED) is 0.897. The monoisotopic (exact) mass is 289 g/mol. The molecule has 110 valence electrons. The molecule has 1 aromatic heterocycles. The number of benzene rings is 1. The topological polar surface area (TPSA) is 96.5 Å². The van der Waals surface area contributed by atoms with E-state index in [1.807, 2.05) is 0 Å². The summed E-state index contributed by atoms with van der Waals surface area (Å²) in [7, 11) is 0. The molecule has 0 atom stereocenters. The van der Waals surface area contributed by atoms with Crippen molar-refractivity contribution in [1.29, 1.82) is 0 Å². The predicted octanol–water partition coefficient (Wildman–Crippen LogP) is 1.59. The molecule has 0 unspecified atom stereocenters. The van der Waals surface area contributed by atoms with E-state index in [0.717, 1.165) is 0 Å². The third-order valence-corrected chi connectivity index (χ3v) is 2.90. The van der Waals surface area contributed by atoms with E-state index in [4.69, 9.17) is 9.52 Å². The van der Waals surface area contributed by atoms with Gasteiger partial charge in [0.1, 0.15) is 6.54 Å². The summed E-state index contributed by atoms with van der Waals surface area (Å²) >= 11 is 0. The Kier molecular flexibility index (Phi) is 4.32. The molecule has 2 rings (SSSR count). The second-order valence-electron chi connectivity index (χ2n) is 4.42. The Bertz CT molecular complexity index is 648. The fourth-order valence-corrected chi connectivity index (χ4v) is 1.84. The summed E-state index contributed by atoms with van der Waals surface area (Å²) in [6.07, 6.45) is 0. The molecule has 2 aromatic rings. The summed E-state index contributed by atoms with van der Waals surface area (Å²) in [5.41, 5.74) is 1.12. The van der Waals surface area contributed by atoms with Gasteiger partial charge in [0.15, 0.2) is 0 Å². The first kappa shape index (κ1) is 14.7. The first-order valence-electron chi connectivity index (χ1n) is 6.43. The Morgan fingerprint density at radius 2 is 1.90 bits per heavy atom. The number of aromatic nitrogens is 2. The van der Waals surface area contributed by atoms with Gasteiger partial charge < -0.3 is 14.4 Å². The maximum absolute atomic E-state index is 12.2. The average Bonchev–Trinajstić information content (AvgIpc) is 2.90. The maximum atomic E-state index is 12.2. The molecule has 0 aliphatic heterocycles. The second kappa shape index (κ2) is 6.17. The zero-order valence-electron chi connectivity index (χ0n) is 11.7. The van der Waals surface area contributed by atoms with Gasteiger partial charge in [-0.2, -0.15) is 0 Å². The Morgan fingerprint density at radius 1 is 1.24 bits per heavy atom. The molecule has 0 saturated heterocycles. The summed E-state index contributed by atoms with van der Waals surface area (Å²) in [5, 5.41) is 16.4. The van der Waals surface area contributed by atoms with Crippen LogP contribution in [0.5, 0.6) is 0 Å². The lowest BCUT2D eigenvalue weighted by Gasteiger charge is -2.18. The smallest absolute Gasteiger partial charge is 0.323 e. The van der Waals surface area contributed by atoms with Crippen LogP contribution in [0.1, 0.15) is 23.2 Å². The highest BCUT2D eigenvalue weighted by Crippen LogP contribution is 2.18. The highest BCUT2D eigenvalue weighted by Gasteiger charge is 2.17. The number of carbonyl (C=O) groups is 2. The van der Waals surface area contributed by atoms with Gasteiger partial charge in [0, 0.05) is 24.6 Å². The van der Waals surface area contributed by atoms with Crippen LogP contribution in [0.15, 0.2) is 28.7 Å². The average molecular weight is 289 g/mol. The second-order valence-corrected chi connectivity index (χ2v) is 4.42. The third kappa shape index (κ3) is 3.44. The minimum absolute atomic E-state index is 0.320. The molecule has 0 saturated carbocycles. The molecule has 0 aliphatic rings. The van der Waals surface area contributed by atoms with E-state index < -0.39 is 5.97 Å². The number of aryl methyl sites for hydroxylation is 1. The Balaban J connectivity index is 2.18. The predicted molar refractivity (Wildman–Crippen MR) is 73.7 cm³/mol. The minimum atomic E-state index is -1.04. The van der Waals surface area contributed by atoms with E-state index in [9.17, 15) is 9.59 Å². The van der Waals surface area contributed by atoms with Gasteiger partial charge in [-0.05, 0) is 31.2 Å². The van der Waals surface area contributed by atoms with Crippen LogP contribution in [0.2, 0.25) is 0 Å². The van der Waals surface area contributed by atoms with Crippen molar-refractivity contribution in [2.75, 3.05) is 13.1 Å². The zero-order valence-corrected chi connectivity index (χ0v) is 11.7. The van der Waals surface area contributed by atoms with Crippen molar-refractivity contribution in [3.05, 3.63) is 35.7 Å². The molecule has 1 heterocycles. The van der Waals surface area contributed by atoms with Gasteiger partial charge in [0.05, 0.1) is 0 Å². The number of carbonyl (C=O) groups excluding carboxylic acids is 1. The molecular weight excluding hydrogens is 274 g/mol. The van der Waals surface area contributed by atoms with Gasteiger partial charge in [-0.15, -0.1) is 10.2 Å². The van der Waals surface area contributed by atoms with E-state index in [1.54, 1.807) is 38.1 Å². The van der Waals surface area contributed by atoms with Crippen LogP contribution in [0, 0.1) is 6.92 Å². The fourth-order valence-electron chi connectivity index (χ4n) is 1.84. The van der Waals surface area contributed by atoms with E-state index >= 15 is 0 Å². The maximum Gasteiger partial charge on any atom is 0.323 e. The van der Waals surface area contributed by atoms with Crippen molar-refractivity contribution >= 4 is 11.9 Å². The molecule has 0 fully saturated rings. The van der Waals surface area contributed by atoms with Crippen LogP contribution in [0.25, 0.3) is 11.5 Å². The molecule has 7 heteroatoms. The molecule has 0 bridgehead atoms. The lowest BCUT2D eigenvalue weighted by atomic mass is 10.1. The third-order valence-electron chi connectivity index (χ3n) is 2.90. The van der Waals surface area contributed by atoms with Crippen LogP contribution in [-0.4, -0.2) is 45.2 Å². The number of rotatable bonds is 5. The van der Waals surface area contributed by atoms with Crippen molar-refractivity contribution in [3.8, 4) is 11.5 Å². The van der Waals surface area contributed by atoms with Crippen molar-refractivity contribution in [1.82, 2.24) is 15.1 Å². The standard InChI is InChI=1S/C14H15N3O4/c1-3-17(8-12(18)19)14(20)11-6-4-10(5-7-11)13-16-15-9(2)21-13/h4-7H,3,8H2,1-2H3,(H,18,19). The molecule has 1 amide bonds. The van der Waals surface area contributed by atoms with Gasteiger partial charge in [-0.1, -0.05) is 0 Å². The van der Waals surface area contributed by atoms with Crippen LogP contribution in [0.3, 0.4) is 0 Å². The van der Waals surface area contributed by atoms with E-state index in [2.05, 4.69) is 10.2 Å². The number of nitrogens with zero attached hydrogens (tertiary/aromatic N) is 3. The van der Waals surface area contributed by atoms with Gasteiger partial charge >= 0.3 is 5.97 Å². The van der Waals surface area contributed by atoms with E-state index in [0.29, 0.717) is 29.5 Å². The van der Waals surface area contributed by atoms with Crippen molar-refractivity contribution in [2.45, 2.75) is 13.8 Å². The van der Waals surface area contributed by atoms with Crippen LogP contribution >= 0.6 is 0 Å². The lowest BCUT2D eigenvalue weighted by molar-refractivity contribution is -0.137. The molecular formula is C14H15N3O4. The molecule has 1 aromatic carbocycles. The van der Waals surface area contributed by atoms with Gasteiger partial charge in [-0.3, -0.25) is 9.59 Å². The number of carboxylic acid groups (broad SMARTS) is 1. The number of amides is 1. The van der Waals surface area contributed by atoms with Gasteiger partial charge in [-0.25, -0.2) is 0 Å². The summed E-state index contributed by atoms with van der Waals surface area (Å²) in [6, 6.07) is 6.60. The Morgan fingerprint density at radius 3 is 2.38 bits per heavy atom. The van der Waals surface area contributed by atoms with Crippen LogP contribution in [-0.2, 0) is 4.79 Å².